The van der Waals surface area contributed by atoms with Gasteiger partial charge < -0.3 is 27.6 Å². The zero-order valence-electron chi connectivity index (χ0n) is 13.7. The molecule has 23 heavy (non-hydrogen) atoms. The van der Waals surface area contributed by atoms with Crippen LogP contribution in [0.1, 0.15) is 31.7 Å². The molecule has 1 aromatic rings. The Balaban J connectivity index is 0.000000433. The number of nitrogens with one attached hydrogen (secondary N) is 2. The van der Waals surface area contributed by atoms with Crippen LogP contribution in [0.15, 0.2) is 30.3 Å². The Morgan fingerprint density at radius 2 is 1.87 bits per heavy atom. The van der Waals surface area contributed by atoms with Gasteiger partial charge in [0.15, 0.2) is 5.96 Å². The third kappa shape index (κ3) is 13.3. The van der Waals surface area contributed by atoms with Crippen LogP contribution in [0.3, 0.4) is 0 Å². The van der Waals surface area contributed by atoms with Crippen LogP contribution in [0.4, 0.5) is 0 Å². The maximum atomic E-state index is 10.3. The lowest BCUT2D eigenvalue weighted by atomic mass is 10.1. The number of unbranched alkanes of at least 4 members (excludes halogenated alkanes) is 1. The fourth-order valence-electron chi connectivity index (χ4n) is 1.82. The SMILES string of the molecule is CC(N)Cc1ccccc1.N=C(N)NCCCCC(N)C(=O)O. The van der Waals surface area contributed by atoms with E-state index in [0.717, 1.165) is 12.8 Å². The van der Waals surface area contributed by atoms with Gasteiger partial charge in [-0.05, 0) is 38.2 Å². The Kier molecular flexibility index (Phi) is 11.3. The molecule has 0 aliphatic rings. The van der Waals surface area contributed by atoms with Crippen LogP contribution < -0.4 is 22.5 Å². The molecule has 2 unspecified atom stereocenters. The molecular weight excluding hydrogens is 294 g/mol. The van der Waals surface area contributed by atoms with Crippen LogP contribution in [0.5, 0.6) is 0 Å². The van der Waals surface area contributed by atoms with Crippen LogP contribution in [0.25, 0.3) is 0 Å². The number of hydrogen-bond donors (Lipinski definition) is 6. The van der Waals surface area contributed by atoms with Crippen molar-refractivity contribution in [2.75, 3.05) is 6.54 Å². The molecule has 0 aromatic heterocycles. The molecule has 0 saturated heterocycles. The van der Waals surface area contributed by atoms with Crippen molar-refractivity contribution in [2.45, 2.75) is 44.7 Å². The first kappa shape index (κ1) is 20.9. The number of carboxylic acids is 1. The predicted octanol–water partition coefficient (Wildman–Crippen LogP) is 0.628. The van der Waals surface area contributed by atoms with Gasteiger partial charge in [-0.1, -0.05) is 30.3 Å². The van der Waals surface area contributed by atoms with E-state index in [-0.39, 0.29) is 12.0 Å². The number of rotatable bonds is 8. The summed E-state index contributed by atoms with van der Waals surface area (Å²) < 4.78 is 0. The molecule has 0 heterocycles. The monoisotopic (exact) mass is 323 g/mol. The minimum absolute atomic E-state index is 0.0671. The maximum absolute atomic E-state index is 10.3. The zero-order chi connectivity index (χ0) is 17.7. The normalized spacial score (nSPS) is 12.5. The zero-order valence-corrected chi connectivity index (χ0v) is 13.7. The second kappa shape index (κ2) is 12.4. The van der Waals surface area contributed by atoms with Gasteiger partial charge in [0, 0.05) is 12.6 Å². The maximum Gasteiger partial charge on any atom is 0.320 e. The van der Waals surface area contributed by atoms with E-state index in [1.807, 2.05) is 25.1 Å². The molecule has 130 valence electrons. The predicted molar refractivity (Wildman–Crippen MR) is 93.2 cm³/mol. The van der Waals surface area contributed by atoms with Crippen molar-refractivity contribution in [3.05, 3.63) is 35.9 Å². The highest BCUT2D eigenvalue weighted by Gasteiger charge is 2.09. The van der Waals surface area contributed by atoms with E-state index in [4.69, 9.17) is 27.7 Å². The molecule has 2 atom stereocenters. The summed E-state index contributed by atoms with van der Waals surface area (Å²) in [5.74, 6) is -1.04. The summed E-state index contributed by atoms with van der Waals surface area (Å²) in [4.78, 5) is 10.3. The number of hydrogen-bond acceptors (Lipinski definition) is 4. The standard InChI is InChI=1S/C9H13N.C7H16N4O2/c1-8(10)7-9-5-3-2-4-6-9;8-5(6(12)13)3-1-2-4-11-7(9)10/h2-6,8H,7,10H2,1H3;5H,1-4,8H2,(H,12,13)(H4,9,10,11). The fraction of sp³-hybridized carbons (Fsp3) is 0.500. The second-order valence-corrected chi connectivity index (χ2v) is 5.45. The fourth-order valence-corrected chi connectivity index (χ4v) is 1.82. The number of aliphatic carboxylic acids is 1. The molecule has 7 heteroatoms. The van der Waals surface area contributed by atoms with E-state index in [2.05, 4.69) is 17.4 Å². The molecule has 1 rings (SSSR count). The average molecular weight is 323 g/mol. The first-order chi connectivity index (χ1) is 10.8. The molecule has 1 aromatic carbocycles. The second-order valence-electron chi connectivity index (χ2n) is 5.45. The third-order valence-corrected chi connectivity index (χ3v) is 2.98. The molecule has 0 amide bonds. The van der Waals surface area contributed by atoms with E-state index >= 15 is 0 Å². The number of guanidine groups is 1. The highest BCUT2D eigenvalue weighted by Crippen LogP contribution is 2.00. The van der Waals surface area contributed by atoms with Crippen LogP contribution in [-0.4, -0.2) is 35.7 Å². The number of nitrogens with two attached hydrogens (primary N) is 3. The van der Waals surface area contributed by atoms with Crippen molar-refractivity contribution in [2.24, 2.45) is 17.2 Å². The highest BCUT2D eigenvalue weighted by atomic mass is 16.4. The van der Waals surface area contributed by atoms with E-state index in [9.17, 15) is 4.79 Å². The van der Waals surface area contributed by atoms with Gasteiger partial charge in [0.05, 0.1) is 0 Å². The van der Waals surface area contributed by atoms with Crippen LogP contribution in [0, 0.1) is 5.41 Å². The van der Waals surface area contributed by atoms with Crippen LogP contribution in [0.2, 0.25) is 0 Å². The van der Waals surface area contributed by atoms with Gasteiger partial charge >= 0.3 is 5.97 Å². The molecule has 0 spiro atoms. The highest BCUT2D eigenvalue weighted by molar-refractivity contribution is 5.74. The third-order valence-electron chi connectivity index (χ3n) is 2.98. The topological polar surface area (TPSA) is 151 Å². The van der Waals surface area contributed by atoms with Crippen molar-refractivity contribution in [1.29, 1.82) is 5.41 Å². The van der Waals surface area contributed by atoms with Gasteiger partial charge in [-0.25, -0.2) is 0 Å². The lowest BCUT2D eigenvalue weighted by Crippen LogP contribution is -2.32. The van der Waals surface area contributed by atoms with Crippen molar-refractivity contribution in [1.82, 2.24) is 5.32 Å². The van der Waals surface area contributed by atoms with E-state index in [1.165, 1.54) is 5.56 Å². The van der Waals surface area contributed by atoms with Crippen molar-refractivity contribution in [3.63, 3.8) is 0 Å². The van der Waals surface area contributed by atoms with Crippen molar-refractivity contribution < 1.29 is 9.90 Å². The van der Waals surface area contributed by atoms with E-state index in [0.29, 0.717) is 19.4 Å². The average Bonchev–Trinajstić information content (AvgIpc) is 2.47. The van der Waals surface area contributed by atoms with Crippen LogP contribution in [-0.2, 0) is 11.2 Å². The molecule has 0 radical (unpaired) electrons. The summed E-state index contributed by atoms with van der Waals surface area (Å²) in [6.07, 6.45) is 2.91. The summed E-state index contributed by atoms with van der Waals surface area (Å²) in [6, 6.07) is 9.78. The molecular formula is C16H29N5O2. The molecule has 0 aliphatic heterocycles. The lowest BCUT2D eigenvalue weighted by molar-refractivity contribution is -0.138. The summed E-state index contributed by atoms with van der Waals surface area (Å²) in [6.45, 7) is 2.61. The van der Waals surface area contributed by atoms with Gasteiger partial charge in [-0.3, -0.25) is 10.2 Å². The largest absolute Gasteiger partial charge is 0.480 e. The minimum Gasteiger partial charge on any atom is -0.480 e. The minimum atomic E-state index is -0.973. The van der Waals surface area contributed by atoms with Gasteiger partial charge in [0.2, 0.25) is 0 Å². The Hall–Kier alpha value is -2.12. The molecule has 0 aliphatic carbocycles. The van der Waals surface area contributed by atoms with Gasteiger partial charge in [0.25, 0.3) is 0 Å². The molecule has 0 bridgehead atoms. The van der Waals surface area contributed by atoms with Crippen molar-refractivity contribution >= 4 is 11.9 Å². The molecule has 0 fully saturated rings. The van der Waals surface area contributed by atoms with Gasteiger partial charge in [-0.15, -0.1) is 0 Å². The summed E-state index contributed by atoms with van der Waals surface area (Å²) in [5.41, 5.74) is 17.2. The first-order valence-electron chi connectivity index (χ1n) is 7.68. The van der Waals surface area contributed by atoms with E-state index in [1.54, 1.807) is 0 Å². The summed E-state index contributed by atoms with van der Waals surface area (Å²) >= 11 is 0. The molecule has 0 saturated carbocycles. The smallest absolute Gasteiger partial charge is 0.320 e. The first-order valence-corrected chi connectivity index (χ1v) is 7.68. The lowest BCUT2D eigenvalue weighted by Gasteiger charge is -2.06. The quantitative estimate of drug-likeness (QED) is 0.234. The summed E-state index contributed by atoms with van der Waals surface area (Å²) in [5, 5.41) is 17.9. The Morgan fingerprint density at radius 1 is 1.26 bits per heavy atom. The van der Waals surface area contributed by atoms with Crippen LogP contribution >= 0.6 is 0 Å². The molecule has 9 N–H and O–H groups in total. The Morgan fingerprint density at radius 3 is 2.35 bits per heavy atom. The van der Waals surface area contributed by atoms with E-state index < -0.39 is 12.0 Å². The van der Waals surface area contributed by atoms with Gasteiger partial charge in [-0.2, -0.15) is 0 Å². The molecule has 7 nitrogen and oxygen atoms in total. The van der Waals surface area contributed by atoms with Gasteiger partial charge in [0.1, 0.15) is 6.04 Å². The van der Waals surface area contributed by atoms with Crippen molar-refractivity contribution in [3.8, 4) is 0 Å². The number of benzene rings is 1. The number of carbonyl (C=O) groups is 1. The number of carboxylic acid groups (broad SMARTS) is 1. The summed E-state index contributed by atoms with van der Waals surface area (Å²) in [7, 11) is 0. The Labute approximate surface area is 137 Å². The Bertz CT molecular complexity index is 451.